The van der Waals surface area contributed by atoms with Gasteiger partial charge in [-0.3, -0.25) is 0 Å². The second-order valence-corrected chi connectivity index (χ2v) is 6.47. The van der Waals surface area contributed by atoms with Crippen LogP contribution in [0, 0.1) is 0 Å². The number of aryl methyl sites for hydroxylation is 1. The van der Waals surface area contributed by atoms with E-state index < -0.39 is 5.79 Å². The minimum Gasteiger partial charge on any atom is -0.343 e. The first-order chi connectivity index (χ1) is 10.3. The predicted molar refractivity (Wildman–Crippen MR) is 83.1 cm³/mol. The maximum absolute atomic E-state index is 5.89. The molecular formula is C18H23NO2. The molecule has 1 spiro atoms. The van der Waals surface area contributed by atoms with Crippen LogP contribution in [0.15, 0.2) is 23.8 Å². The van der Waals surface area contributed by atoms with Crippen LogP contribution in [0.1, 0.15) is 36.0 Å². The van der Waals surface area contributed by atoms with Crippen LogP contribution < -0.4 is 0 Å². The van der Waals surface area contributed by atoms with Gasteiger partial charge >= 0.3 is 0 Å². The van der Waals surface area contributed by atoms with E-state index in [1.54, 1.807) is 5.57 Å². The van der Waals surface area contributed by atoms with Crippen molar-refractivity contribution in [3.05, 3.63) is 40.5 Å². The highest BCUT2D eigenvalue weighted by Crippen LogP contribution is 2.43. The molecule has 2 fully saturated rings. The Hall–Kier alpha value is -1.16. The van der Waals surface area contributed by atoms with Crippen LogP contribution in [0.3, 0.4) is 0 Å². The number of hydrogen-bond donors (Lipinski definition) is 0. The minimum atomic E-state index is -0.422. The summed E-state index contributed by atoms with van der Waals surface area (Å²) in [5, 5.41) is 0. The molecule has 0 aromatic heterocycles. The third-order valence-corrected chi connectivity index (χ3v) is 5.02. The van der Waals surface area contributed by atoms with Crippen LogP contribution in [0.2, 0.25) is 0 Å². The molecule has 0 atom stereocenters. The Labute approximate surface area is 126 Å². The molecule has 2 heterocycles. The molecular weight excluding hydrogens is 262 g/mol. The highest BCUT2D eigenvalue weighted by molar-refractivity contribution is 5.56. The second-order valence-electron chi connectivity index (χ2n) is 6.47. The third-order valence-electron chi connectivity index (χ3n) is 5.02. The maximum atomic E-state index is 5.89. The molecule has 3 nitrogen and oxygen atoms in total. The van der Waals surface area contributed by atoms with E-state index in [1.165, 1.54) is 42.6 Å². The molecule has 2 aliphatic heterocycles. The van der Waals surface area contributed by atoms with E-state index in [2.05, 4.69) is 36.2 Å². The van der Waals surface area contributed by atoms with Crippen molar-refractivity contribution in [2.75, 3.05) is 33.4 Å². The van der Waals surface area contributed by atoms with Crippen molar-refractivity contribution in [1.29, 1.82) is 0 Å². The molecule has 0 unspecified atom stereocenters. The molecule has 112 valence electrons. The Morgan fingerprint density at radius 1 is 1.10 bits per heavy atom. The lowest BCUT2D eigenvalue weighted by molar-refractivity contribution is -0.163. The summed E-state index contributed by atoms with van der Waals surface area (Å²) in [6.45, 7) is 3.81. The van der Waals surface area contributed by atoms with Gasteiger partial charge in [0.25, 0.3) is 0 Å². The van der Waals surface area contributed by atoms with Crippen LogP contribution in [0.5, 0.6) is 0 Å². The van der Waals surface area contributed by atoms with Crippen molar-refractivity contribution in [2.24, 2.45) is 0 Å². The third kappa shape index (κ3) is 2.44. The molecule has 3 aliphatic rings. The van der Waals surface area contributed by atoms with Gasteiger partial charge < -0.3 is 14.4 Å². The van der Waals surface area contributed by atoms with Crippen LogP contribution in [-0.2, 0) is 21.7 Å². The SMILES string of the molecule is CN1CCC(=Cc2ccc3c(c2)CCC32OCCO2)CC1. The van der Waals surface area contributed by atoms with Crippen molar-refractivity contribution < 1.29 is 9.47 Å². The summed E-state index contributed by atoms with van der Waals surface area (Å²) in [7, 11) is 2.20. The van der Waals surface area contributed by atoms with Gasteiger partial charge in [0.2, 0.25) is 0 Å². The summed E-state index contributed by atoms with van der Waals surface area (Å²) in [6.07, 6.45) is 6.81. The van der Waals surface area contributed by atoms with E-state index in [1.807, 2.05) is 0 Å². The van der Waals surface area contributed by atoms with Crippen LogP contribution in [-0.4, -0.2) is 38.3 Å². The van der Waals surface area contributed by atoms with Gasteiger partial charge in [-0.1, -0.05) is 29.8 Å². The monoisotopic (exact) mass is 285 g/mol. The van der Waals surface area contributed by atoms with E-state index in [4.69, 9.17) is 9.47 Å². The molecule has 0 radical (unpaired) electrons. The van der Waals surface area contributed by atoms with Gasteiger partial charge in [-0.15, -0.1) is 0 Å². The Bertz CT molecular complexity index is 563. The highest BCUT2D eigenvalue weighted by Gasteiger charge is 2.43. The highest BCUT2D eigenvalue weighted by atomic mass is 16.7. The number of fused-ring (bicyclic) bond motifs is 2. The quantitative estimate of drug-likeness (QED) is 0.792. The lowest BCUT2D eigenvalue weighted by Gasteiger charge is -2.24. The number of hydrogen-bond acceptors (Lipinski definition) is 3. The van der Waals surface area contributed by atoms with Crippen molar-refractivity contribution in [3.8, 4) is 0 Å². The Kier molecular flexibility index (Phi) is 3.37. The van der Waals surface area contributed by atoms with Crippen molar-refractivity contribution >= 4 is 6.08 Å². The largest absolute Gasteiger partial charge is 0.343 e. The zero-order valence-electron chi connectivity index (χ0n) is 12.7. The normalized spacial score (nSPS) is 24.5. The number of rotatable bonds is 1. The minimum absolute atomic E-state index is 0.422. The van der Waals surface area contributed by atoms with Crippen molar-refractivity contribution in [3.63, 3.8) is 0 Å². The van der Waals surface area contributed by atoms with Crippen LogP contribution in [0.4, 0.5) is 0 Å². The fourth-order valence-electron chi connectivity index (χ4n) is 3.76. The fraction of sp³-hybridized carbons (Fsp3) is 0.556. The molecule has 0 amide bonds. The molecule has 21 heavy (non-hydrogen) atoms. The summed E-state index contributed by atoms with van der Waals surface area (Å²) < 4.78 is 11.8. The summed E-state index contributed by atoms with van der Waals surface area (Å²) >= 11 is 0. The van der Waals surface area contributed by atoms with Gasteiger partial charge in [-0.2, -0.15) is 0 Å². The molecule has 0 saturated carbocycles. The molecule has 1 aromatic carbocycles. The first-order valence-electron chi connectivity index (χ1n) is 8.04. The molecule has 1 aliphatic carbocycles. The average Bonchev–Trinajstić information content (AvgIpc) is 3.11. The average molecular weight is 285 g/mol. The topological polar surface area (TPSA) is 21.7 Å². The van der Waals surface area contributed by atoms with Gasteiger partial charge in [-0.05, 0) is 37.4 Å². The lowest BCUT2D eigenvalue weighted by atomic mass is 9.98. The number of benzene rings is 1. The summed E-state index contributed by atoms with van der Waals surface area (Å²) in [4.78, 5) is 2.40. The van der Waals surface area contributed by atoms with E-state index in [9.17, 15) is 0 Å². The Morgan fingerprint density at radius 3 is 2.62 bits per heavy atom. The van der Waals surface area contributed by atoms with Gasteiger partial charge in [0.1, 0.15) is 0 Å². The van der Waals surface area contributed by atoms with Crippen LogP contribution >= 0.6 is 0 Å². The number of nitrogens with zero attached hydrogens (tertiary/aromatic N) is 1. The van der Waals surface area contributed by atoms with Gasteiger partial charge in [0, 0.05) is 25.1 Å². The van der Waals surface area contributed by atoms with Gasteiger partial charge in [0.15, 0.2) is 5.79 Å². The zero-order valence-corrected chi connectivity index (χ0v) is 12.7. The molecule has 4 rings (SSSR count). The van der Waals surface area contributed by atoms with Crippen molar-refractivity contribution in [1.82, 2.24) is 4.90 Å². The van der Waals surface area contributed by atoms with E-state index >= 15 is 0 Å². The van der Waals surface area contributed by atoms with Gasteiger partial charge in [0.05, 0.1) is 13.2 Å². The fourth-order valence-corrected chi connectivity index (χ4v) is 3.76. The summed E-state index contributed by atoms with van der Waals surface area (Å²) in [5.74, 6) is -0.422. The number of likely N-dealkylation sites (tertiary alicyclic amines) is 1. The standard InChI is InChI=1S/C18H23NO2/c1-19-8-5-14(6-9-19)12-15-2-3-17-16(13-15)4-7-18(17)20-10-11-21-18/h2-3,12-13H,4-11H2,1H3. The first-order valence-corrected chi connectivity index (χ1v) is 8.04. The molecule has 2 saturated heterocycles. The zero-order chi connectivity index (χ0) is 14.3. The van der Waals surface area contributed by atoms with Gasteiger partial charge in [-0.25, -0.2) is 0 Å². The molecule has 0 bridgehead atoms. The summed E-state index contributed by atoms with van der Waals surface area (Å²) in [5.41, 5.74) is 5.57. The molecule has 1 aromatic rings. The smallest absolute Gasteiger partial charge is 0.195 e. The Balaban J connectivity index is 1.58. The molecule has 3 heteroatoms. The van der Waals surface area contributed by atoms with E-state index in [-0.39, 0.29) is 0 Å². The van der Waals surface area contributed by atoms with Crippen molar-refractivity contribution in [2.45, 2.75) is 31.5 Å². The second kappa shape index (κ2) is 5.24. The lowest BCUT2D eigenvalue weighted by Crippen LogP contribution is -2.26. The first kappa shape index (κ1) is 13.5. The predicted octanol–water partition coefficient (Wildman–Crippen LogP) is 2.94. The van der Waals surface area contributed by atoms with E-state index in [0.29, 0.717) is 0 Å². The maximum Gasteiger partial charge on any atom is 0.195 e. The molecule has 0 N–H and O–H groups in total. The number of ether oxygens (including phenoxy) is 2. The van der Waals surface area contributed by atoms with Crippen LogP contribution in [0.25, 0.3) is 6.08 Å². The summed E-state index contributed by atoms with van der Waals surface area (Å²) in [6, 6.07) is 6.78. The number of piperidine rings is 1. The Morgan fingerprint density at radius 2 is 1.86 bits per heavy atom. The van der Waals surface area contributed by atoms with E-state index in [0.717, 1.165) is 26.1 Å².